The average molecular weight is 415 g/mol. The maximum absolute atomic E-state index is 13.1. The summed E-state index contributed by atoms with van der Waals surface area (Å²) in [7, 11) is 0. The molecule has 154 valence electrons. The summed E-state index contributed by atoms with van der Waals surface area (Å²) < 4.78 is 0. The van der Waals surface area contributed by atoms with Gasteiger partial charge < -0.3 is 0 Å². The maximum atomic E-state index is 13.1. The molecule has 0 heterocycles. The van der Waals surface area contributed by atoms with Gasteiger partial charge in [-0.2, -0.15) is 0 Å². The molecule has 0 fully saturated rings. The van der Waals surface area contributed by atoms with Crippen LogP contribution in [-0.2, 0) is 0 Å². The fourth-order valence-electron chi connectivity index (χ4n) is 3.50. The molecule has 0 aliphatic carbocycles. The Balaban J connectivity index is 1.89. The zero-order chi connectivity index (χ0) is 22.2. The van der Waals surface area contributed by atoms with Crippen LogP contribution in [0.1, 0.15) is 31.8 Å². The summed E-state index contributed by atoms with van der Waals surface area (Å²) in [4.78, 5) is 26.3. The number of rotatable bonds is 7. The quantitative estimate of drug-likeness (QED) is 0.187. The molecule has 2 nitrogen and oxygen atoms in total. The molecule has 0 unspecified atom stereocenters. The van der Waals surface area contributed by atoms with E-state index in [0.717, 1.165) is 11.1 Å². The predicted octanol–water partition coefficient (Wildman–Crippen LogP) is 6.92. The zero-order valence-corrected chi connectivity index (χ0v) is 17.5. The van der Waals surface area contributed by atoms with E-state index in [9.17, 15) is 9.59 Å². The fourth-order valence-corrected chi connectivity index (χ4v) is 3.50. The van der Waals surface area contributed by atoms with Crippen molar-refractivity contribution in [1.82, 2.24) is 0 Å². The van der Waals surface area contributed by atoms with Crippen molar-refractivity contribution in [2.75, 3.05) is 0 Å². The van der Waals surface area contributed by atoms with Gasteiger partial charge in [0.1, 0.15) is 0 Å². The van der Waals surface area contributed by atoms with E-state index in [0.29, 0.717) is 22.3 Å². The van der Waals surface area contributed by atoms with E-state index in [2.05, 4.69) is 0 Å². The number of carbonyl (C=O) groups is 2. The van der Waals surface area contributed by atoms with Crippen LogP contribution in [0.2, 0.25) is 0 Å². The molecule has 0 aliphatic heterocycles. The molecule has 4 aromatic carbocycles. The topological polar surface area (TPSA) is 34.1 Å². The monoisotopic (exact) mass is 414 g/mol. The Morgan fingerprint density at radius 1 is 0.375 bits per heavy atom. The standard InChI is InChI=1S/C30H22O2/c31-29(25-17-9-3-10-18-25)21-27(23-13-5-1-6-14-23)28(24-15-7-2-8-16-24)22-30(32)26-19-11-4-12-20-26/h1-22H/b27-21+,28-22+. The van der Waals surface area contributed by atoms with Crippen LogP contribution in [0.5, 0.6) is 0 Å². The Kier molecular flexibility index (Phi) is 6.64. The fraction of sp³-hybridized carbons (Fsp3) is 0. The zero-order valence-electron chi connectivity index (χ0n) is 17.5. The molecule has 0 bridgehead atoms. The predicted molar refractivity (Wildman–Crippen MR) is 130 cm³/mol. The minimum Gasteiger partial charge on any atom is -0.289 e. The molecule has 0 amide bonds. The first-order valence-corrected chi connectivity index (χ1v) is 10.5. The molecule has 4 rings (SSSR count). The number of hydrogen-bond donors (Lipinski definition) is 0. The van der Waals surface area contributed by atoms with Gasteiger partial charge in [-0.05, 0) is 34.4 Å². The van der Waals surface area contributed by atoms with E-state index < -0.39 is 0 Å². The van der Waals surface area contributed by atoms with Crippen molar-refractivity contribution in [3.63, 3.8) is 0 Å². The third-order valence-corrected chi connectivity index (χ3v) is 5.13. The minimum atomic E-state index is -0.113. The van der Waals surface area contributed by atoms with Gasteiger partial charge in [-0.15, -0.1) is 0 Å². The van der Waals surface area contributed by atoms with Gasteiger partial charge in [0.05, 0.1) is 0 Å². The summed E-state index contributed by atoms with van der Waals surface area (Å²) in [6, 6.07) is 37.7. The summed E-state index contributed by atoms with van der Waals surface area (Å²) in [5, 5.41) is 0. The third-order valence-electron chi connectivity index (χ3n) is 5.13. The van der Waals surface area contributed by atoms with Crippen LogP contribution in [0.3, 0.4) is 0 Å². The molecule has 2 heteroatoms. The highest BCUT2D eigenvalue weighted by atomic mass is 16.1. The lowest BCUT2D eigenvalue weighted by Crippen LogP contribution is -2.01. The first-order valence-electron chi connectivity index (χ1n) is 10.5. The van der Waals surface area contributed by atoms with Crippen molar-refractivity contribution in [3.05, 3.63) is 156 Å². The first kappa shape index (κ1) is 21.0. The molecule has 32 heavy (non-hydrogen) atoms. The van der Waals surface area contributed by atoms with Gasteiger partial charge in [0.25, 0.3) is 0 Å². The second-order valence-corrected chi connectivity index (χ2v) is 7.31. The number of hydrogen-bond acceptors (Lipinski definition) is 2. The number of benzene rings is 4. The minimum absolute atomic E-state index is 0.113. The van der Waals surface area contributed by atoms with Crippen molar-refractivity contribution >= 4 is 22.7 Å². The Morgan fingerprint density at radius 3 is 0.906 bits per heavy atom. The Hall–Kier alpha value is -4.30. The molecular formula is C30H22O2. The molecule has 0 saturated heterocycles. The Bertz CT molecular complexity index is 1150. The highest BCUT2D eigenvalue weighted by Gasteiger charge is 2.16. The largest absolute Gasteiger partial charge is 0.289 e. The summed E-state index contributed by atoms with van der Waals surface area (Å²) in [5.74, 6) is -0.225. The molecule has 0 N–H and O–H groups in total. The van der Waals surface area contributed by atoms with E-state index in [1.165, 1.54) is 0 Å². The normalized spacial score (nSPS) is 11.8. The molecular weight excluding hydrogens is 392 g/mol. The van der Waals surface area contributed by atoms with E-state index >= 15 is 0 Å². The average Bonchev–Trinajstić information content (AvgIpc) is 2.88. The van der Waals surface area contributed by atoms with Crippen LogP contribution < -0.4 is 0 Å². The van der Waals surface area contributed by atoms with Gasteiger partial charge >= 0.3 is 0 Å². The summed E-state index contributed by atoms with van der Waals surface area (Å²) in [6.45, 7) is 0. The van der Waals surface area contributed by atoms with E-state index in [1.54, 1.807) is 36.4 Å². The lowest BCUT2D eigenvalue weighted by Gasteiger charge is -2.14. The van der Waals surface area contributed by atoms with Gasteiger partial charge in [-0.25, -0.2) is 0 Å². The SMILES string of the molecule is O=C(/C=C(/C(=C/C(=O)c1ccccc1)c1ccccc1)c1ccccc1)c1ccccc1. The van der Waals surface area contributed by atoms with Crippen molar-refractivity contribution in [3.8, 4) is 0 Å². The first-order chi connectivity index (χ1) is 15.7. The molecule has 0 saturated carbocycles. The summed E-state index contributed by atoms with van der Waals surface area (Å²) in [6.07, 6.45) is 3.25. The highest BCUT2D eigenvalue weighted by Crippen LogP contribution is 2.32. The maximum Gasteiger partial charge on any atom is 0.186 e. The van der Waals surface area contributed by atoms with Crippen molar-refractivity contribution in [2.45, 2.75) is 0 Å². The number of ketones is 2. The van der Waals surface area contributed by atoms with E-state index in [4.69, 9.17) is 0 Å². The summed E-state index contributed by atoms with van der Waals surface area (Å²) >= 11 is 0. The van der Waals surface area contributed by atoms with Gasteiger partial charge in [0.2, 0.25) is 0 Å². The van der Waals surface area contributed by atoms with Crippen LogP contribution in [0, 0.1) is 0 Å². The van der Waals surface area contributed by atoms with Crippen molar-refractivity contribution in [2.24, 2.45) is 0 Å². The van der Waals surface area contributed by atoms with Crippen LogP contribution in [0.4, 0.5) is 0 Å². The van der Waals surface area contributed by atoms with Gasteiger partial charge in [-0.3, -0.25) is 9.59 Å². The Labute approximate surface area is 188 Å². The molecule has 0 atom stereocenters. The van der Waals surface area contributed by atoms with E-state index in [1.807, 2.05) is 97.1 Å². The molecule has 4 aromatic rings. The molecule has 0 aromatic heterocycles. The second-order valence-electron chi connectivity index (χ2n) is 7.31. The lowest BCUT2D eigenvalue weighted by molar-refractivity contribution is 0.103. The molecule has 0 radical (unpaired) electrons. The number of carbonyl (C=O) groups excluding carboxylic acids is 2. The van der Waals surface area contributed by atoms with Crippen LogP contribution >= 0.6 is 0 Å². The van der Waals surface area contributed by atoms with Gasteiger partial charge in [0.15, 0.2) is 11.6 Å². The molecule has 0 spiro atoms. The second kappa shape index (κ2) is 10.1. The van der Waals surface area contributed by atoms with Crippen LogP contribution in [0.25, 0.3) is 11.1 Å². The lowest BCUT2D eigenvalue weighted by atomic mass is 9.89. The van der Waals surface area contributed by atoms with Crippen molar-refractivity contribution in [1.29, 1.82) is 0 Å². The highest BCUT2D eigenvalue weighted by molar-refractivity contribution is 6.21. The molecule has 0 aliphatic rings. The van der Waals surface area contributed by atoms with Crippen LogP contribution in [0.15, 0.2) is 133 Å². The number of allylic oxidation sites excluding steroid dienone is 4. The van der Waals surface area contributed by atoms with Crippen LogP contribution in [-0.4, -0.2) is 11.6 Å². The van der Waals surface area contributed by atoms with E-state index in [-0.39, 0.29) is 11.6 Å². The van der Waals surface area contributed by atoms with Gasteiger partial charge in [0, 0.05) is 11.1 Å². The smallest absolute Gasteiger partial charge is 0.186 e. The Morgan fingerprint density at radius 2 is 0.625 bits per heavy atom. The summed E-state index contributed by atoms with van der Waals surface area (Å²) in [5.41, 5.74) is 4.34. The third kappa shape index (κ3) is 5.05. The van der Waals surface area contributed by atoms with Gasteiger partial charge in [-0.1, -0.05) is 121 Å². The van der Waals surface area contributed by atoms with Crippen molar-refractivity contribution < 1.29 is 9.59 Å².